The van der Waals surface area contributed by atoms with Crippen LogP contribution in [0.25, 0.3) is 11.3 Å². The highest BCUT2D eigenvalue weighted by molar-refractivity contribution is 6.07. The normalized spacial score (nSPS) is 18.5. The van der Waals surface area contributed by atoms with E-state index in [0.29, 0.717) is 13.0 Å². The van der Waals surface area contributed by atoms with Gasteiger partial charge in [0, 0.05) is 11.3 Å². The molecule has 166 valence electrons. The minimum Gasteiger partial charge on any atom is -0.322 e. The maximum atomic E-state index is 13.0. The van der Waals surface area contributed by atoms with Crippen molar-refractivity contribution < 1.29 is 18.8 Å². The van der Waals surface area contributed by atoms with Crippen molar-refractivity contribution in [3.05, 3.63) is 41.8 Å². The topological polar surface area (TPSA) is 110 Å². The first kappa shape index (κ1) is 22.4. The monoisotopic (exact) mass is 430 g/mol. The number of benzene rings is 1. The van der Waals surface area contributed by atoms with Gasteiger partial charge in [-0.15, -0.1) is 0 Å². The van der Waals surface area contributed by atoms with Gasteiger partial charge in [0.2, 0.25) is 0 Å². The largest absolute Gasteiger partial charge is 0.344 e. The number of nitrogens with zero attached hydrogens (tertiary/aromatic N) is 3. The summed E-state index contributed by atoms with van der Waals surface area (Å²) in [6.07, 6.45) is 1.92. The molecule has 1 unspecified atom stereocenters. The quantitative estimate of drug-likeness (QED) is 0.526. The highest BCUT2D eigenvalue weighted by atomic mass is 19.1. The van der Waals surface area contributed by atoms with Gasteiger partial charge < -0.3 is 5.32 Å². The van der Waals surface area contributed by atoms with E-state index in [1.807, 2.05) is 11.0 Å². The number of hydrogen-bond donors (Lipinski definition) is 3. The predicted octanol–water partition coefficient (Wildman–Crippen LogP) is 1.83. The molecule has 0 spiro atoms. The standard InChI is InChI=1S/C21H27FN6O3/c1-4-21(2)19(30)28(20(31)23-21)26-18(29)13-27(3)11-5-6-16-12-17(25-24-16)14-7-9-15(22)10-8-14/h7-10,12H,4-6,11,13H2,1-3H3,(H,23,31)(H,24,25)(H,26,29). The fourth-order valence-electron chi connectivity index (χ4n) is 3.31. The molecular weight excluding hydrogens is 403 g/mol. The number of hydrazine groups is 1. The maximum Gasteiger partial charge on any atom is 0.344 e. The fourth-order valence-corrected chi connectivity index (χ4v) is 3.31. The van der Waals surface area contributed by atoms with Gasteiger partial charge in [0.25, 0.3) is 11.8 Å². The molecule has 3 rings (SSSR count). The molecule has 9 nitrogen and oxygen atoms in total. The van der Waals surface area contributed by atoms with Crippen LogP contribution in [-0.4, -0.2) is 63.6 Å². The molecule has 4 amide bonds. The van der Waals surface area contributed by atoms with Gasteiger partial charge in [-0.3, -0.25) is 25.0 Å². The van der Waals surface area contributed by atoms with E-state index in [-0.39, 0.29) is 12.4 Å². The Morgan fingerprint density at radius 1 is 1.29 bits per heavy atom. The number of nitrogens with one attached hydrogen (secondary N) is 3. The molecule has 1 aromatic carbocycles. The molecule has 1 aliphatic heterocycles. The van der Waals surface area contributed by atoms with Crippen molar-refractivity contribution in [1.82, 2.24) is 30.8 Å². The molecule has 1 atom stereocenters. The molecule has 1 fully saturated rings. The molecule has 2 aromatic rings. The van der Waals surface area contributed by atoms with Gasteiger partial charge in [-0.2, -0.15) is 10.1 Å². The number of H-pyrrole nitrogens is 1. The van der Waals surface area contributed by atoms with Gasteiger partial charge in [0.05, 0.1) is 12.2 Å². The smallest absolute Gasteiger partial charge is 0.322 e. The third-order valence-electron chi connectivity index (χ3n) is 5.38. The summed E-state index contributed by atoms with van der Waals surface area (Å²) in [5.41, 5.74) is 3.90. The molecule has 10 heteroatoms. The summed E-state index contributed by atoms with van der Waals surface area (Å²) >= 11 is 0. The van der Waals surface area contributed by atoms with Crippen LogP contribution in [0.4, 0.5) is 9.18 Å². The summed E-state index contributed by atoms with van der Waals surface area (Å²) in [6.45, 7) is 4.09. The van der Waals surface area contributed by atoms with E-state index >= 15 is 0 Å². The van der Waals surface area contributed by atoms with Crippen LogP contribution in [0, 0.1) is 5.82 Å². The average Bonchev–Trinajstić information content (AvgIpc) is 3.27. The number of halogens is 1. The first-order chi connectivity index (χ1) is 14.7. The predicted molar refractivity (Wildman–Crippen MR) is 112 cm³/mol. The van der Waals surface area contributed by atoms with Crippen LogP contribution in [0.5, 0.6) is 0 Å². The number of aryl methyl sites for hydroxylation is 1. The van der Waals surface area contributed by atoms with Gasteiger partial charge in [0.15, 0.2) is 0 Å². The summed E-state index contributed by atoms with van der Waals surface area (Å²) in [4.78, 5) is 38.4. The highest BCUT2D eigenvalue weighted by Gasteiger charge is 2.47. The lowest BCUT2D eigenvalue weighted by molar-refractivity contribution is -0.139. The molecule has 1 aliphatic rings. The van der Waals surface area contributed by atoms with Crippen molar-refractivity contribution in [3.63, 3.8) is 0 Å². The molecule has 3 N–H and O–H groups in total. The Morgan fingerprint density at radius 2 is 2.00 bits per heavy atom. The van der Waals surface area contributed by atoms with Gasteiger partial charge >= 0.3 is 6.03 Å². The second kappa shape index (κ2) is 9.25. The third kappa shape index (κ3) is 5.26. The van der Waals surface area contributed by atoms with E-state index in [2.05, 4.69) is 20.9 Å². The third-order valence-corrected chi connectivity index (χ3v) is 5.38. The Bertz CT molecular complexity index is 960. The van der Waals surface area contributed by atoms with E-state index in [1.165, 1.54) is 12.1 Å². The first-order valence-electron chi connectivity index (χ1n) is 10.2. The number of rotatable bonds is 9. The Balaban J connectivity index is 1.43. The van der Waals surface area contributed by atoms with Crippen LogP contribution >= 0.6 is 0 Å². The van der Waals surface area contributed by atoms with E-state index in [4.69, 9.17) is 0 Å². The van der Waals surface area contributed by atoms with Crippen LogP contribution < -0.4 is 10.7 Å². The summed E-state index contributed by atoms with van der Waals surface area (Å²) in [7, 11) is 1.79. The van der Waals surface area contributed by atoms with E-state index in [9.17, 15) is 18.8 Å². The molecule has 1 aromatic heterocycles. The SMILES string of the molecule is CCC1(C)NC(=O)N(NC(=O)CN(C)CCCc2cc(-c3ccc(F)cc3)n[nH]2)C1=O. The Hall–Kier alpha value is -3.27. The molecule has 0 bridgehead atoms. The molecule has 2 heterocycles. The van der Waals surface area contributed by atoms with Crippen molar-refractivity contribution in [2.45, 2.75) is 38.6 Å². The Labute approximate surface area is 179 Å². The zero-order valence-corrected chi connectivity index (χ0v) is 17.9. The number of aromatic nitrogens is 2. The maximum absolute atomic E-state index is 13.0. The average molecular weight is 430 g/mol. The fraction of sp³-hybridized carbons (Fsp3) is 0.429. The van der Waals surface area contributed by atoms with E-state index in [1.54, 1.807) is 33.0 Å². The zero-order valence-electron chi connectivity index (χ0n) is 17.9. The second-order valence-electron chi connectivity index (χ2n) is 7.92. The zero-order chi connectivity index (χ0) is 22.6. The van der Waals surface area contributed by atoms with Gasteiger partial charge in [-0.1, -0.05) is 6.92 Å². The molecule has 0 radical (unpaired) electrons. The Kier molecular flexibility index (Phi) is 6.69. The number of carbonyl (C=O) groups is 3. The number of amides is 4. The Morgan fingerprint density at radius 3 is 2.65 bits per heavy atom. The van der Waals surface area contributed by atoms with E-state index in [0.717, 1.165) is 34.8 Å². The minimum atomic E-state index is -0.993. The van der Waals surface area contributed by atoms with Crippen molar-refractivity contribution >= 4 is 17.8 Å². The minimum absolute atomic E-state index is 0.0453. The number of urea groups is 1. The van der Waals surface area contributed by atoms with Crippen molar-refractivity contribution in [2.24, 2.45) is 0 Å². The van der Waals surface area contributed by atoms with E-state index < -0.39 is 23.4 Å². The summed E-state index contributed by atoms with van der Waals surface area (Å²) in [5.74, 6) is -1.20. The van der Waals surface area contributed by atoms with Crippen LogP contribution in [0.2, 0.25) is 0 Å². The van der Waals surface area contributed by atoms with Crippen LogP contribution in [-0.2, 0) is 16.0 Å². The lowest BCUT2D eigenvalue weighted by atomic mass is 10.00. The molecule has 1 saturated heterocycles. The summed E-state index contributed by atoms with van der Waals surface area (Å²) in [5, 5.41) is 10.6. The van der Waals surface area contributed by atoms with Crippen molar-refractivity contribution in [1.29, 1.82) is 0 Å². The number of likely N-dealkylation sites (N-methyl/N-ethyl adjacent to an activating group) is 1. The van der Waals surface area contributed by atoms with Gasteiger partial charge in [-0.25, -0.2) is 9.18 Å². The molecular formula is C21H27FN6O3. The first-order valence-corrected chi connectivity index (χ1v) is 10.2. The lowest BCUT2D eigenvalue weighted by Gasteiger charge is -2.21. The van der Waals surface area contributed by atoms with Crippen LogP contribution in [0.15, 0.2) is 30.3 Å². The molecule has 31 heavy (non-hydrogen) atoms. The van der Waals surface area contributed by atoms with Crippen molar-refractivity contribution in [3.8, 4) is 11.3 Å². The number of aromatic amines is 1. The van der Waals surface area contributed by atoms with Crippen molar-refractivity contribution in [2.75, 3.05) is 20.1 Å². The summed E-state index contributed by atoms with van der Waals surface area (Å²) in [6, 6.07) is 7.44. The van der Waals surface area contributed by atoms with Gasteiger partial charge in [0.1, 0.15) is 11.4 Å². The molecule has 0 aliphatic carbocycles. The number of imide groups is 1. The number of carbonyl (C=O) groups excluding carboxylic acids is 3. The number of hydrogen-bond acceptors (Lipinski definition) is 5. The lowest BCUT2D eigenvalue weighted by Crippen LogP contribution is -2.50. The van der Waals surface area contributed by atoms with Crippen LogP contribution in [0.3, 0.4) is 0 Å². The van der Waals surface area contributed by atoms with Crippen LogP contribution in [0.1, 0.15) is 32.4 Å². The second-order valence-corrected chi connectivity index (χ2v) is 7.92. The van der Waals surface area contributed by atoms with Gasteiger partial charge in [-0.05, 0) is 70.1 Å². The molecule has 0 saturated carbocycles. The highest BCUT2D eigenvalue weighted by Crippen LogP contribution is 2.20. The summed E-state index contributed by atoms with van der Waals surface area (Å²) < 4.78 is 13.0.